The fraction of sp³-hybridized carbons (Fsp3) is 0.280. The van der Waals surface area contributed by atoms with Crippen LogP contribution >= 0.6 is 0 Å². The topological polar surface area (TPSA) is 117 Å². The van der Waals surface area contributed by atoms with Crippen LogP contribution in [0.4, 0.5) is 11.4 Å². The first-order valence-electron chi connectivity index (χ1n) is 10.9. The molecule has 178 valence electrons. The number of anilines is 1. The van der Waals surface area contributed by atoms with Crippen molar-refractivity contribution >= 4 is 29.4 Å². The lowest BCUT2D eigenvalue weighted by Gasteiger charge is -2.15. The number of rotatable bonds is 10. The Labute approximate surface area is 197 Å². The third-order valence-electron chi connectivity index (χ3n) is 4.95. The van der Waals surface area contributed by atoms with Gasteiger partial charge >= 0.3 is 5.69 Å². The van der Waals surface area contributed by atoms with Gasteiger partial charge in [0.2, 0.25) is 5.76 Å². The maximum absolute atomic E-state index is 12.5. The van der Waals surface area contributed by atoms with Gasteiger partial charge in [-0.05, 0) is 55.2 Å². The molecular weight excluding hydrogens is 438 g/mol. The van der Waals surface area contributed by atoms with Gasteiger partial charge in [-0.2, -0.15) is 0 Å². The molecule has 0 aliphatic carbocycles. The monoisotopic (exact) mass is 465 g/mol. The molecule has 3 aromatic rings. The highest BCUT2D eigenvalue weighted by Gasteiger charge is 2.22. The van der Waals surface area contributed by atoms with E-state index in [0.717, 1.165) is 11.3 Å². The number of nitrogens with zero attached hydrogens (tertiary/aromatic N) is 2. The number of nitrogens with one attached hydrogen (secondary N) is 1. The van der Waals surface area contributed by atoms with E-state index in [2.05, 4.69) is 24.3 Å². The Balaban J connectivity index is 1.71. The van der Waals surface area contributed by atoms with E-state index in [-0.39, 0.29) is 35.6 Å². The summed E-state index contributed by atoms with van der Waals surface area (Å²) in [5, 5.41) is 17.7. The van der Waals surface area contributed by atoms with E-state index in [1.807, 2.05) is 31.2 Å². The molecule has 0 atom stereocenters. The molecule has 0 saturated carbocycles. The molecule has 1 aromatic heterocycles. The van der Waals surface area contributed by atoms with Gasteiger partial charge in [-0.3, -0.25) is 14.9 Å². The summed E-state index contributed by atoms with van der Waals surface area (Å²) in [7, 11) is 0. The largest absolute Gasteiger partial charge is 0.490 e. The van der Waals surface area contributed by atoms with Gasteiger partial charge in [0.25, 0.3) is 5.91 Å². The number of hydrogen-bond acceptors (Lipinski definition) is 7. The highest BCUT2D eigenvalue weighted by molar-refractivity contribution is 5.92. The summed E-state index contributed by atoms with van der Waals surface area (Å²) in [6.07, 6.45) is 3.12. The summed E-state index contributed by atoms with van der Waals surface area (Å²) in [6.45, 7) is 7.68. The number of nitro groups is 1. The molecule has 0 aliphatic heterocycles. The molecule has 9 nitrogen and oxygen atoms in total. The molecule has 0 radical (unpaired) electrons. The van der Waals surface area contributed by atoms with Gasteiger partial charge in [0, 0.05) is 5.69 Å². The van der Waals surface area contributed by atoms with E-state index in [1.165, 1.54) is 13.0 Å². The zero-order valence-corrected chi connectivity index (χ0v) is 19.5. The molecule has 0 unspecified atom stereocenters. The lowest BCUT2D eigenvalue weighted by Crippen LogP contribution is -2.21. The number of para-hydroxylation sites is 1. The molecule has 0 aliphatic rings. The predicted molar refractivity (Wildman–Crippen MR) is 129 cm³/mol. The molecular formula is C25H27N3O6. The Kier molecular flexibility index (Phi) is 8.02. The van der Waals surface area contributed by atoms with Gasteiger partial charge in [-0.15, -0.1) is 0 Å². The van der Waals surface area contributed by atoms with E-state index in [9.17, 15) is 14.9 Å². The Hall–Kier alpha value is -4.14. The minimum absolute atomic E-state index is 0.0548. The van der Waals surface area contributed by atoms with Crippen LogP contribution in [0.5, 0.6) is 11.5 Å². The molecule has 2 aromatic carbocycles. The zero-order valence-electron chi connectivity index (χ0n) is 19.5. The van der Waals surface area contributed by atoms with Gasteiger partial charge in [-0.25, -0.2) is 0 Å². The van der Waals surface area contributed by atoms with Crippen molar-refractivity contribution in [1.29, 1.82) is 0 Å². The van der Waals surface area contributed by atoms with Crippen molar-refractivity contribution < 1.29 is 23.7 Å². The molecule has 1 N–H and O–H groups in total. The van der Waals surface area contributed by atoms with Crippen LogP contribution in [0.1, 0.15) is 49.3 Å². The molecule has 9 heteroatoms. The van der Waals surface area contributed by atoms with Crippen molar-refractivity contribution in [3.8, 4) is 11.5 Å². The average Bonchev–Trinajstić information content (AvgIpc) is 3.18. The Morgan fingerprint density at radius 2 is 1.94 bits per heavy atom. The van der Waals surface area contributed by atoms with E-state index in [1.54, 1.807) is 24.3 Å². The number of aromatic nitrogens is 1. The van der Waals surface area contributed by atoms with Gasteiger partial charge in [-0.1, -0.05) is 49.3 Å². The smallest absolute Gasteiger partial charge is 0.338 e. The minimum atomic E-state index is -0.529. The molecule has 0 saturated heterocycles. The van der Waals surface area contributed by atoms with E-state index >= 15 is 0 Å². The Morgan fingerprint density at radius 1 is 1.18 bits per heavy atom. The first kappa shape index (κ1) is 24.5. The third kappa shape index (κ3) is 6.00. The first-order valence-corrected chi connectivity index (χ1v) is 10.9. The third-order valence-corrected chi connectivity index (χ3v) is 4.95. The van der Waals surface area contributed by atoms with Crippen LogP contribution < -0.4 is 14.8 Å². The quantitative estimate of drug-likeness (QED) is 0.306. The molecule has 0 bridgehead atoms. The minimum Gasteiger partial charge on any atom is -0.490 e. The number of ether oxygens (including phenoxy) is 2. The number of aryl methyl sites for hydroxylation is 1. The maximum atomic E-state index is 12.5. The zero-order chi connectivity index (χ0) is 24.7. The second-order valence-electron chi connectivity index (χ2n) is 7.79. The van der Waals surface area contributed by atoms with Crippen molar-refractivity contribution in [2.45, 2.75) is 33.6 Å². The Morgan fingerprint density at radius 3 is 2.65 bits per heavy atom. The fourth-order valence-corrected chi connectivity index (χ4v) is 3.35. The standard InChI is InChI=1S/C25H27N3O6/c1-5-32-23-14-18(11-13-22-25(28(30)31)17(4)27-34-22)10-12-21(23)33-15-24(29)26-20-9-7-6-8-19(20)16(2)3/h6-14,16H,5,15H2,1-4H3,(H,26,29). The number of carbonyl (C=O) groups is 1. The van der Waals surface area contributed by atoms with E-state index in [0.29, 0.717) is 23.7 Å². The normalized spacial score (nSPS) is 11.1. The average molecular weight is 466 g/mol. The molecule has 0 fully saturated rings. The van der Waals surface area contributed by atoms with Crippen LogP contribution in [-0.4, -0.2) is 29.2 Å². The first-order chi connectivity index (χ1) is 16.3. The number of hydrogen-bond donors (Lipinski definition) is 1. The van der Waals surface area contributed by atoms with Gasteiger partial charge in [0.05, 0.1) is 11.5 Å². The summed E-state index contributed by atoms with van der Waals surface area (Å²) < 4.78 is 16.4. The molecule has 1 amide bonds. The van der Waals surface area contributed by atoms with Crippen molar-refractivity contribution in [1.82, 2.24) is 5.16 Å². The molecule has 1 heterocycles. The summed E-state index contributed by atoms with van der Waals surface area (Å²) in [5.41, 5.74) is 2.54. The van der Waals surface area contributed by atoms with Crippen molar-refractivity contribution in [2.24, 2.45) is 0 Å². The lowest BCUT2D eigenvalue weighted by atomic mass is 10.0. The summed E-state index contributed by atoms with van der Waals surface area (Å²) >= 11 is 0. The summed E-state index contributed by atoms with van der Waals surface area (Å²) in [6, 6.07) is 12.8. The summed E-state index contributed by atoms with van der Waals surface area (Å²) in [4.78, 5) is 23.2. The van der Waals surface area contributed by atoms with Gasteiger partial charge in [0.15, 0.2) is 23.8 Å². The van der Waals surface area contributed by atoms with Crippen LogP contribution in [0.15, 0.2) is 47.0 Å². The van der Waals surface area contributed by atoms with Crippen molar-refractivity contribution in [2.75, 3.05) is 18.5 Å². The van der Waals surface area contributed by atoms with Crippen LogP contribution in [0.25, 0.3) is 12.2 Å². The molecule has 3 rings (SSSR count). The molecule has 0 spiro atoms. The fourth-order valence-electron chi connectivity index (χ4n) is 3.35. The molecule has 34 heavy (non-hydrogen) atoms. The van der Waals surface area contributed by atoms with Crippen LogP contribution in [0, 0.1) is 17.0 Å². The van der Waals surface area contributed by atoms with E-state index in [4.69, 9.17) is 14.0 Å². The second kappa shape index (κ2) is 11.1. The van der Waals surface area contributed by atoms with Crippen molar-refractivity contribution in [3.05, 3.63) is 75.2 Å². The number of benzene rings is 2. The van der Waals surface area contributed by atoms with E-state index < -0.39 is 4.92 Å². The summed E-state index contributed by atoms with van der Waals surface area (Å²) in [5.74, 6) is 0.896. The van der Waals surface area contributed by atoms with Crippen LogP contribution in [-0.2, 0) is 4.79 Å². The van der Waals surface area contributed by atoms with Gasteiger partial charge in [0.1, 0.15) is 0 Å². The second-order valence-corrected chi connectivity index (χ2v) is 7.79. The van der Waals surface area contributed by atoms with Crippen LogP contribution in [0.2, 0.25) is 0 Å². The Bertz CT molecular complexity index is 1200. The highest BCUT2D eigenvalue weighted by Crippen LogP contribution is 2.31. The number of amides is 1. The maximum Gasteiger partial charge on any atom is 0.338 e. The highest BCUT2D eigenvalue weighted by atomic mass is 16.6. The van der Waals surface area contributed by atoms with Crippen LogP contribution in [0.3, 0.4) is 0 Å². The van der Waals surface area contributed by atoms with Crippen molar-refractivity contribution in [3.63, 3.8) is 0 Å². The predicted octanol–water partition coefficient (Wildman–Crippen LogP) is 5.60. The lowest BCUT2D eigenvalue weighted by molar-refractivity contribution is -0.386. The SMILES string of the molecule is CCOc1cc(C=Cc2onc(C)c2[N+](=O)[O-])ccc1OCC(=O)Nc1ccccc1C(C)C. The number of carbonyl (C=O) groups excluding carboxylic acids is 1. The van der Waals surface area contributed by atoms with Gasteiger partial charge < -0.3 is 19.3 Å².